The fraction of sp³-hybridized carbons (Fsp3) is 0.217. The largest absolute Gasteiger partial charge is 0.398 e. The minimum Gasteiger partial charge on any atom is -0.398 e. The first-order chi connectivity index (χ1) is 23.2. The highest BCUT2D eigenvalue weighted by molar-refractivity contribution is 5.62. The highest BCUT2D eigenvalue weighted by Gasteiger charge is 2.20. The van der Waals surface area contributed by atoms with E-state index in [9.17, 15) is 0 Å². The molecule has 0 aliphatic carbocycles. The standard InChI is InChI=1S/2C23H25N/c2*1-16-14-21(17(2)19-10-6-4-7-11-19)23(24)22(15-16)18(3)20-12-8-5-9-13-20/h2*4-15,17-18H,24H2,1-3H3/t17-,18-;/m1./s1. The number of rotatable bonds is 8. The molecule has 0 aliphatic rings. The Kier molecular flexibility index (Phi) is 11.2. The van der Waals surface area contributed by atoms with Crippen molar-refractivity contribution in [3.05, 3.63) is 201 Å². The van der Waals surface area contributed by atoms with Crippen molar-refractivity contribution < 1.29 is 0 Å². The minimum absolute atomic E-state index is 0.285. The quantitative estimate of drug-likeness (QED) is 0.164. The van der Waals surface area contributed by atoms with Gasteiger partial charge in [0, 0.05) is 35.0 Å². The minimum atomic E-state index is 0.285. The monoisotopic (exact) mass is 630 g/mol. The molecule has 6 aromatic carbocycles. The van der Waals surface area contributed by atoms with E-state index < -0.39 is 0 Å². The van der Waals surface area contributed by atoms with Crippen LogP contribution in [0.1, 0.15) is 107 Å². The van der Waals surface area contributed by atoms with Crippen molar-refractivity contribution in [2.24, 2.45) is 0 Å². The third-order valence-corrected chi connectivity index (χ3v) is 9.84. The second kappa shape index (κ2) is 15.7. The fourth-order valence-electron chi connectivity index (χ4n) is 6.83. The molecule has 2 heteroatoms. The van der Waals surface area contributed by atoms with Gasteiger partial charge < -0.3 is 11.5 Å². The Morgan fingerprint density at radius 3 is 0.708 bits per heavy atom. The average Bonchev–Trinajstić information content (AvgIpc) is 3.13. The number of nitrogens with two attached hydrogens (primary N) is 2. The first kappa shape index (κ1) is 34.3. The van der Waals surface area contributed by atoms with E-state index in [1.807, 2.05) is 0 Å². The predicted octanol–water partition coefficient (Wildman–Crippen LogP) is 11.8. The van der Waals surface area contributed by atoms with Crippen molar-refractivity contribution in [1.82, 2.24) is 0 Å². The second-order valence-corrected chi connectivity index (χ2v) is 13.2. The highest BCUT2D eigenvalue weighted by atomic mass is 14.6. The SMILES string of the molecule is Cc1cc(C(C)c2ccccc2)c(N)c(C(C)c2ccccc2)c1.Cc1cc([C@H](C)c2ccccc2)c(N)c([C@H](C)c2ccccc2)c1. The maximum atomic E-state index is 6.63. The van der Waals surface area contributed by atoms with Crippen LogP contribution in [0, 0.1) is 13.8 Å². The summed E-state index contributed by atoms with van der Waals surface area (Å²) < 4.78 is 0. The Balaban J connectivity index is 0.000000188. The molecule has 6 rings (SSSR count). The van der Waals surface area contributed by atoms with E-state index in [0.717, 1.165) is 11.4 Å². The maximum absolute atomic E-state index is 6.63. The number of nitrogen functional groups attached to an aromatic ring is 2. The molecule has 4 atom stereocenters. The van der Waals surface area contributed by atoms with Crippen molar-refractivity contribution in [3.63, 3.8) is 0 Å². The maximum Gasteiger partial charge on any atom is 0.0391 e. The van der Waals surface area contributed by atoms with E-state index >= 15 is 0 Å². The lowest BCUT2D eigenvalue weighted by atomic mass is 9.84. The van der Waals surface area contributed by atoms with E-state index in [1.165, 1.54) is 55.6 Å². The Morgan fingerprint density at radius 2 is 0.521 bits per heavy atom. The average molecular weight is 631 g/mol. The summed E-state index contributed by atoms with van der Waals surface area (Å²) in [6.45, 7) is 13.2. The zero-order chi connectivity index (χ0) is 34.2. The van der Waals surface area contributed by atoms with Crippen molar-refractivity contribution in [2.45, 2.75) is 65.2 Å². The van der Waals surface area contributed by atoms with Crippen LogP contribution in [0.15, 0.2) is 146 Å². The van der Waals surface area contributed by atoms with Gasteiger partial charge in [-0.25, -0.2) is 0 Å². The summed E-state index contributed by atoms with van der Waals surface area (Å²) in [6, 6.07) is 51.2. The van der Waals surface area contributed by atoms with Gasteiger partial charge in [-0.1, -0.05) is 184 Å². The van der Waals surface area contributed by atoms with Crippen molar-refractivity contribution >= 4 is 11.4 Å². The Morgan fingerprint density at radius 1 is 0.333 bits per heavy atom. The van der Waals surface area contributed by atoms with Gasteiger partial charge in [0.2, 0.25) is 0 Å². The molecule has 0 spiro atoms. The Labute approximate surface area is 288 Å². The molecular weight excluding hydrogens is 581 g/mol. The zero-order valence-corrected chi connectivity index (χ0v) is 29.3. The molecule has 0 bridgehead atoms. The summed E-state index contributed by atoms with van der Waals surface area (Å²) in [4.78, 5) is 0. The molecule has 0 saturated carbocycles. The third-order valence-electron chi connectivity index (χ3n) is 9.84. The predicted molar refractivity (Wildman–Crippen MR) is 207 cm³/mol. The summed E-state index contributed by atoms with van der Waals surface area (Å²) in [5.41, 5.74) is 27.7. The highest BCUT2D eigenvalue weighted by Crippen LogP contribution is 2.38. The van der Waals surface area contributed by atoms with Crippen LogP contribution in [-0.2, 0) is 0 Å². The van der Waals surface area contributed by atoms with Crippen molar-refractivity contribution in [3.8, 4) is 0 Å². The normalized spacial score (nSPS) is 13.5. The van der Waals surface area contributed by atoms with Crippen LogP contribution >= 0.6 is 0 Å². The Bertz CT molecular complexity index is 1620. The number of hydrogen-bond donors (Lipinski definition) is 2. The topological polar surface area (TPSA) is 52.0 Å². The van der Waals surface area contributed by atoms with Crippen LogP contribution in [0.3, 0.4) is 0 Å². The molecule has 2 nitrogen and oxygen atoms in total. The van der Waals surface area contributed by atoms with Gasteiger partial charge in [-0.05, 0) is 58.4 Å². The van der Waals surface area contributed by atoms with Crippen LogP contribution in [0.2, 0.25) is 0 Å². The number of benzene rings is 6. The van der Waals surface area contributed by atoms with Gasteiger partial charge >= 0.3 is 0 Å². The lowest BCUT2D eigenvalue weighted by Gasteiger charge is -2.22. The zero-order valence-electron chi connectivity index (χ0n) is 29.3. The molecule has 0 saturated heterocycles. The van der Waals surface area contributed by atoms with Gasteiger partial charge in [0.05, 0.1) is 0 Å². The molecule has 0 aliphatic heterocycles. The van der Waals surface area contributed by atoms with Gasteiger partial charge in [0.1, 0.15) is 0 Å². The molecule has 6 aromatic rings. The number of hydrogen-bond acceptors (Lipinski definition) is 2. The number of aryl methyl sites for hydroxylation is 2. The summed E-state index contributed by atoms with van der Waals surface area (Å²) in [5, 5.41) is 0. The van der Waals surface area contributed by atoms with E-state index in [4.69, 9.17) is 11.5 Å². The van der Waals surface area contributed by atoms with Crippen LogP contribution in [0.5, 0.6) is 0 Å². The summed E-state index contributed by atoms with van der Waals surface area (Å²) in [7, 11) is 0. The molecule has 4 N–H and O–H groups in total. The molecule has 0 radical (unpaired) electrons. The molecule has 2 unspecified atom stereocenters. The molecule has 0 fully saturated rings. The van der Waals surface area contributed by atoms with Gasteiger partial charge in [-0.2, -0.15) is 0 Å². The van der Waals surface area contributed by atoms with E-state index in [0.29, 0.717) is 0 Å². The molecule has 0 aromatic heterocycles. The van der Waals surface area contributed by atoms with Crippen LogP contribution in [-0.4, -0.2) is 0 Å². The smallest absolute Gasteiger partial charge is 0.0391 e. The first-order valence-electron chi connectivity index (χ1n) is 17.1. The van der Waals surface area contributed by atoms with Gasteiger partial charge in [-0.15, -0.1) is 0 Å². The van der Waals surface area contributed by atoms with Gasteiger partial charge in [0.25, 0.3) is 0 Å². The summed E-state index contributed by atoms with van der Waals surface area (Å²) in [6.07, 6.45) is 0. The molecule has 0 amide bonds. The van der Waals surface area contributed by atoms with Crippen LogP contribution < -0.4 is 11.5 Å². The lowest BCUT2D eigenvalue weighted by molar-refractivity contribution is 0.889. The van der Waals surface area contributed by atoms with Crippen LogP contribution in [0.25, 0.3) is 0 Å². The molecular formula is C46H50N2. The van der Waals surface area contributed by atoms with Gasteiger partial charge in [0.15, 0.2) is 0 Å². The van der Waals surface area contributed by atoms with Crippen molar-refractivity contribution in [1.29, 1.82) is 0 Å². The molecule has 48 heavy (non-hydrogen) atoms. The first-order valence-corrected chi connectivity index (χ1v) is 17.1. The number of anilines is 2. The third kappa shape index (κ3) is 7.89. The lowest BCUT2D eigenvalue weighted by Crippen LogP contribution is -2.08. The van der Waals surface area contributed by atoms with Crippen molar-refractivity contribution in [2.75, 3.05) is 11.5 Å². The molecule has 0 heterocycles. The summed E-state index contributed by atoms with van der Waals surface area (Å²) in [5.74, 6) is 1.14. The Hall–Kier alpha value is -5.08. The molecule has 244 valence electrons. The van der Waals surface area contributed by atoms with E-state index in [1.54, 1.807) is 0 Å². The van der Waals surface area contributed by atoms with E-state index in [-0.39, 0.29) is 23.7 Å². The second-order valence-electron chi connectivity index (χ2n) is 13.2. The van der Waals surface area contributed by atoms with Crippen LogP contribution in [0.4, 0.5) is 11.4 Å². The summed E-state index contributed by atoms with van der Waals surface area (Å²) >= 11 is 0. The van der Waals surface area contributed by atoms with E-state index in [2.05, 4.69) is 187 Å². The fourth-order valence-corrected chi connectivity index (χ4v) is 6.83. The van der Waals surface area contributed by atoms with Gasteiger partial charge in [-0.3, -0.25) is 0 Å².